The molecule has 0 unspecified atom stereocenters. The average molecular weight is 417 g/mol. The highest BCUT2D eigenvalue weighted by Gasteiger charge is 2.14. The number of pyridine rings is 1. The van der Waals surface area contributed by atoms with Crippen LogP contribution >= 0.6 is 0 Å². The number of methoxy groups -OCH3 is 1. The molecular formula is C26H32N4O. The fourth-order valence-corrected chi connectivity index (χ4v) is 4.25. The predicted octanol–water partition coefficient (Wildman–Crippen LogP) is 5.46. The maximum absolute atomic E-state index is 5.36. The van der Waals surface area contributed by atoms with E-state index in [2.05, 4.69) is 71.1 Å². The first-order valence-corrected chi connectivity index (χ1v) is 11.2. The Balaban J connectivity index is 1.63. The highest BCUT2D eigenvalue weighted by atomic mass is 16.5. The van der Waals surface area contributed by atoms with Crippen molar-refractivity contribution >= 4 is 27.5 Å². The Morgan fingerprint density at radius 2 is 1.68 bits per heavy atom. The van der Waals surface area contributed by atoms with Crippen LogP contribution < -0.4 is 9.64 Å². The van der Waals surface area contributed by atoms with Crippen molar-refractivity contribution < 1.29 is 4.74 Å². The number of nitrogens with one attached hydrogen (secondary N) is 1. The Morgan fingerprint density at radius 3 is 2.42 bits per heavy atom. The number of fused-ring (bicyclic) bond motifs is 3. The first-order chi connectivity index (χ1) is 15.2. The van der Waals surface area contributed by atoms with Gasteiger partial charge >= 0.3 is 0 Å². The molecule has 4 aromatic rings. The number of ether oxygens (including phenoxy) is 1. The van der Waals surface area contributed by atoms with Crippen molar-refractivity contribution in [1.82, 2.24) is 14.9 Å². The maximum Gasteiger partial charge on any atom is 0.119 e. The van der Waals surface area contributed by atoms with Crippen LogP contribution in [0.1, 0.15) is 26.0 Å². The monoisotopic (exact) mass is 416 g/mol. The minimum absolute atomic E-state index is 0.759. The third-order valence-electron chi connectivity index (χ3n) is 6.08. The number of hydrogen-bond donors (Lipinski definition) is 1. The smallest absolute Gasteiger partial charge is 0.119 e. The van der Waals surface area contributed by atoms with E-state index in [1.165, 1.54) is 16.5 Å². The summed E-state index contributed by atoms with van der Waals surface area (Å²) in [7, 11) is 1.71. The zero-order valence-corrected chi connectivity index (χ0v) is 18.8. The van der Waals surface area contributed by atoms with Crippen LogP contribution in [0.4, 0.5) is 5.69 Å². The van der Waals surface area contributed by atoms with E-state index >= 15 is 0 Å². The van der Waals surface area contributed by atoms with Crippen molar-refractivity contribution in [3.63, 3.8) is 0 Å². The second kappa shape index (κ2) is 9.84. The summed E-state index contributed by atoms with van der Waals surface area (Å²) in [6, 6.07) is 18.9. The molecule has 5 nitrogen and oxygen atoms in total. The van der Waals surface area contributed by atoms with Crippen LogP contribution in [0.25, 0.3) is 21.8 Å². The van der Waals surface area contributed by atoms with Gasteiger partial charge in [0.1, 0.15) is 5.75 Å². The van der Waals surface area contributed by atoms with E-state index in [9.17, 15) is 0 Å². The summed E-state index contributed by atoms with van der Waals surface area (Å²) in [5, 5.41) is 2.48. The van der Waals surface area contributed by atoms with E-state index < -0.39 is 0 Å². The minimum Gasteiger partial charge on any atom is -0.497 e. The van der Waals surface area contributed by atoms with Gasteiger partial charge in [-0.1, -0.05) is 32.0 Å². The fourth-order valence-electron chi connectivity index (χ4n) is 4.25. The second-order valence-corrected chi connectivity index (χ2v) is 7.85. The summed E-state index contributed by atoms with van der Waals surface area (Å²) >= 11 is 0. The second-order valence-electron chi connectivity index (χ2n) is 7.85. The van der Waals surface area contributed by atoms with Crippen LogP contribution in [-0.4, -0.2) is 48.2 Å². The number of para-hydroxylation sites is 1. The fraction of sp³-hybridized carbons (Fsp3) is 0.346. The van der Waals surface area contributed by atoms with Crippen LogP contribution in [0.2, 0.25) is 0 Å². The number of nitrogens with zero attached hydrogens (tertiary/aromatic N) is 3. The van der Waals surface area contributed by atoms with Gasteiger partial charge in [0.05, 0.1) is 24.9 Å². The molecule has 0 aliphatic heterocycles. The number of rotatable bonds is 10. The molecule has 2 aromatic carbocycles. The van der Waals surface area contributed by atoms with Gasteiger partial charge in [0.2, 0.25) is 0 Å². The molecule has 31 heavy (non-hydrogen) atoms. The summed E-state index contributed by atoms with van der Waals surface area (Å²) in [5.41, 5.74) is 4.55. The zero-order chi connectivity index (χ0) is 21.6. The molecule has 162 valence electrons. The van der Waals surface area contributed by atoms with Crippen LogP contribution in [0.15, 0.2) is 60.8 Å². The average Bonchev–Trinajstić information content (AvgIpc) is 3.21. The first-order valence-electron chi connectivity index (χ1n) is 11.2. The number of H-pyrrole nitrogens is 1. The molecule has 0 aliphatic rings. The van der Waals surface area contributed by atoms with Gasteiger partial charge in [0.25, 0.3) is 0 Å². The SMILES string of the molecule is CCN(CC)CCCN(Cc1nccc2c1[nH]c1ccccc12)c1ccc(OC)cc1. The normalized spacial score (nSPS) is 11.5. The highest BCUT2D eigenvalue weighted by Crippen LogP contribution is 2.28. The van der Waals surface area contributed by atoms with Gasteiger partial charge in [-0.25, -0.2) is 0 Å². The lowest BCUT2D eigenvalue weighted by atomic mass is 10.1. The Bertz CT molecular complexity index is 1120. The number of aromatic nitrogens is 2. The zero-order valence-electron chi connectivity index (χ0n) is 18.8. The first kappa shape index (κ1) is 21.2. The summed E-state index contributed by atoms with van der Waals surface area (Å²) in [5.74, 6) is 0.877. The van der Waals surface area contributed by atoms with Crippen LogP contribution in [0, 0.1) is 0 Å². The lowest BCUT2D eigenvalue weighted by molar-refractivity contribution is 0.300. The van der Waals surface area contributed by atoms with Crippen molar-refractivity contribution in [2.75, 3.05) is 38.2 Å². The van der Waals surface area contributed by atoms with E-state index in [0.717, 1.165) is 61.6 Å². The Morgan fingerprint density at radius 1 is 0.903 bits per heavy atom. The quantitative estimate of drug-likeness (QED) is 0.373. The van der Waals surface area contributed by atoms with Crippen molar-refractivity contribution in [3.8, 4) is 5.75 Å². The van der Waals surface area contributed by atoms with E-state index in [1.807, 2.05) is 18.3 Å². The molecule has 0 saturated carbocycles. The van der Waals surface area contributed by atoms with Gasteiger partial charge in [-0.3, -0.25) is 4.98 Å². The molecule has 2 aromatic heterocycles. The van der Waals surface area contributed by atoms with Crippen molar-refractivity contribution in [1.29, 1.82) is 0 Å². The summed E-state index contributed by atoms with van der Waals surface area (Å²) in [6.45, 7) is 9.47. The largest absolute Gasteiger partial charge is 0.497 e. The van der Waals surface area contributed by atoms with E-state index in [0.29, 0.717) is 0 Å². The number of benzene rings is 2. The van der Waals surface area contributed by atoms with E-state index in [-0.39, 0.29) is 0 Å². The molecule has 0 saturated heterocycles. The lowest BCUT2D eigenvalue weighted by Gasteiger charge is -2.26. The third kappa shape index (κ3) is 4.67. The van der Waals surface area contributed by atoms with Crippen molar-refractivity contribution in [3.05, 3.63) is 66.5 Å². The molecule has 0 atom stereocenters. The predicted molar refractivity (Wildman–Crippen MR) is 130 cm³/mol. The lowest BCUT2D eigenvalue weighted by Crippen LogP contribution is -2.30. The summed E-state index contributed by atoms with van der Waals surface area (Å²) in [4.78, 5) is 13.3. The molecule has 1 N–H and O–H groups in total. The standard InChI is InChI=1S/C26H32N4O/c1-4-29(5-2)17-8-18-30(20-11-13-21(31-3)14-12-20)19-25-26-23(15-16-27-25)22-9-6-7-10-24(22)28-26/h6-7,9-16,28H,4-5,8,17-19H2,1-3H3. The van der Waals surface area contributed by atoms with Gasteiger partial charge in [0, 0.05) is 34.7 Å². The van der Waals surface area contributed by atoms with Gasteiger partial charge in [0.15, 0.2) is 0 Å². The summed E-state index contributed by atoms with van der Waals surface area (Å²) in [6.07, 6.45) is 3.04. The minimum atomic E-state index is 0.759. The van der Waals surface area contributed by atoms with E-state index in [1.54, 1.807) is 7.11 Å². The van der Waals surface area contributed by atoms with Crippen molar-refractivity contribution in [2.24, 2.45) is 0 Å². The Hall–Kier alpha value is -3.05. The number of aromatic amines is 1. The molecular weight excluding hydrogens is 384 g/mol. The van der Waals surface area contributed by atoms with Gasteiger partial charge in [-0.05, 0) is 62.5 Å². The Kier molecular flexibility index (Phi) is 6.73. The van der Waals surface area contributed by atoms with Crippen LogP contribution in [-0.2, 0) is 6.54 Å². The van der Waals surface area contributed by atoms with Crippen molar-refractivity contribution in [2.45, 2.75) is 26.8 Å². The Labute approximate surface area is 184 Å². The van der Waals surface area contributed by atoms with Crippen LogP contribution in [0.5, 0.6) is 5.75 Å². The number of hydrogen-bond acceptors (Lipinski definition) is 4. The van der Waals surface area contributed by atoms with Gasteiger partial charge in [-0.15, -0.1) is 0 Å². The highest BCUT2D eigenvalue weighted by molar-refractivity contribution is 6.07. The molecule has 5 heteroatoms. The molecule has 0 amide bonds. The third-order valence-corrected chi connectivity index (χ3v) is 6.08. The van der Waals surface area contributed by atoms with E-state index in [4.69, 9.17) is 9.72 Å². The maximum atomic E-state index is 5.36. The molecule has 0 spiro atoms. The molecule has 0 aliphatic carbocycles. The van der Waals surface area contributed by atoms with Gasteiger partial charge < -0.3 is 19.5 Å². The molecule has 0 bridgehead atoms. The number of anilines is 1. The summed E-state index contributed by atoms with van der Waals surface area (Å²) < 4.78 is 5.36. The molecule has 0 radical (unpaired) electrons. The molecule has 0 fully saturated rings. The molecule has 2 heterocycles. The topological polar surface area (TPSA) is 44.4 Å². The van der Waals surface area contributed by atoms with Crippen LogP contribution in [0.3, 0.4) is 0 Å². The molecule has 4 rings (SSSR count). The van der Waals surface area contributed by atoms with Gasteiger partial charge in [-0.2, -0.15) is 0 Å².